The molecule has 7 nitrogen and oxygen atoms in total. The van der Waals surface area contributed by atoms with Gasteiger partial charge < -0.3 is 24.4 Å². The standard InChI is InChI=1S/C20H23N3O4/c1-14(15-2-4-17-18(12-15)27-11-10-26-17)22-20(24)16-3-5-19(21-13-16)23-6-8-25-9-7-23/h2-5,12-14H,6-11H2,1H3,(H,22,24)/t14-/m1/s1. The van der Waals surface area contributed by atoms with E-state index in [2.05, 4.69) is 15.2 Å². The van der Waals surface area contributed by atoms with Crippen molar-refractivity contribution in [3.63, 3.8) is 0 Å². The molecule has 27 heavy (non-hydrogen) atoms. The molecule has 0 unspecified atom stereocenters. The first kappa shape index (κ1) is 17.6. The molecule has 0 bridgehead atoms. The minimum absolute atomic E-state index is 0.154. The molecule has 0 saturated carbocycles. The van der Waals surface area contributed by atoms with Crippen LogP contribution in [0.25, 0.3) is 0 Å². The van der Waals surface area contributed by atoms with Gasteiger partial charge in [-0.2, -0.15) is 0 Å². The maximum Gasteiger partial charge on any atom is 0.253 e. The number of rotatable bonds is 4. The van der Waals surface area contributed by atoms with Crippen LogP contribution in [-0.2, 0) is 4.74 Å². The molecule has 1 saturated heterocycles. The second kappa shape index (κ2) is 7.84. The number of nitrogens with zero attached hydrogens (tertiary/aromatic N) is 2. The van der Waals surface area contributed by atoms with E-state index in [0.29, 0.717) is 32.0 Å². The third-order valence-corrected chi connectivity index (χ3v) is 4.76. The Morgan fingerprint density at radius 2 is 1.85 bits per heavy atom. The van der Waals surface area contributed by atoms with Crippen LogP contribution in [0.15, 0.2) is 36.5 Å². The Hall–Kier alpha value is -2.80. The van der Waals surface area contributed by atoms with Gasteiger partial charge in [-0.25, -0.2) is 4.98 Å². The fourth-order valence-corrected chi connectivity index (χ4v) is 3.19. The summed E-state index contributed by atoms with van der Waals surface area (Å²) in [6, 6.07) is 9.27. The van der Waals surface area contributed by atoms with Gasteiger partial charge in [0, 0.05) is 19.3 Å². The third-order valence-electron chi connectivity index (χ3n) is 4.76. The molecule has 1 aromatic heterocycles. The predicted molar refractivity (Wildman–Crippen MR) is 101 cm³/mol. The molecule has 0 radical (unpaired) electrons. The first-order chi connectivity index (χ1) is 13.2. The number of amides is 1. The average Bonchev–Trinajstić information content (AvgIpc) is 2.74. The number of anilines is 1. The summed E-state index contributed by atoms with van der Waals surface area (Å²) < 4.78 is 16.5. The van der Waals surface area contributed by atoms with Crippen LogP contribution >= 0.6 is 0 Å². The monoisotopic (exact) mass is 369 g/mol. The van der Waals surface area contributed by atoms with Gasteiger partial charge in [0.15, 0.2) is 11.5 Å². The molecule has 1 atom stereocenters. The van der Waals surface area contributed by atoms with Crippen LogP contribution in [0.3, 0.4) is 0 Å². The Kier molecular flexibility index (Phi) is 5.11. The molecule has 1 N–H and O–H groups in total. The number of pyridine rings is 1. The van der Waals surface area contributed by atoms with E-state index in [4.69, 9.17) is 14.2 Å². The summed E-state index contributed by atoms with van der Waals surface area (Å²) in [6.45, 7) is 6.09. The van der Waals surface area contributed by atoms with Crippen LogP contribution in [0.2, 0.25) is 0 Å². The van der Waals surface area contributed by atoms with Gasteiger partial charge in [0.1, 0.15) is 19.0 Å². The average molecular weight is 369 g/mol. The number of carbonyl (C=O) groups excluding carboxylic acids is 1. The molecule has 2 aromatic rings. The van der Waals surface area contributed by atoms with Crippen molar-refractivity contribution in [1.82, 2.24) is 10.3 Å². The second-order valence-corrected chi connectivity index (χ2v) is 6.60. The van der Waals surface area contributed by atoms with Crippen molar-refractivity contribution in [1.29, 1.82) is 0 Å². The lowest BCUT2D eigenvalue weighted by Crippen LogP contribution is -2.36. The molecule has 3 heterocycles. The summed E-state index contributed by atoms with van der Waals surface area (Å²) >= 11 is 0. The molecule has 7 heteroatoms. The molecule has 1 amide bonds. The van der Waals surface area contributed by atoms with Crippen LogP contribution in [0, 0.1) is 0 Å². The zero-order valence-corrected chi connectivity index (χ0v) is 15.3. The summed E-state index contributed by atoms with van der Waals surface area (Å²) in [6.07, 6.45) is 1.62. The largest absolute Gasteiger partial charge is 0.486 e. The van der Waals surface area contributed by atoms with Crippen LogP contribution in [0.1, 0.15) is 28.9 Å². The van der Waals surface area contributed by atoms with Crippen molar-refractivity contribution in [2.24, 2.45) is 0 Å². The highest BCUT2D eigenvalue weighted by atomic mass is 16.6. The fraction of sp³-hybridized carbons (Fsp3) is 0.400. The van der Waals surface area contributed by atoms with Gasteiger partial charge in [-0.1, -0.05) is 6.07 Å². The molecule has 4 rings (SSSR count). The van der Waals surface area contributed by atoms with Gasteiger partial charge in [0.05, 0.1) is 24.8 Å². The molecule has 1 aromatic carbocycles. The number of hydrogen-bond donors (Lipinski definition) is 1. The summed E-state index contributed by atoms with van der Waals surface area (Å²) in [4.78, 5) is 19.2. The van der Waals surface area contributed by atoms with Gasteiger partial charge in [-0.3, -0.25) is 4.79 Å². The van der Waals surface area contributed by atoms with Crippen LogP contribution < -0.4 is 19.7 Å². The number of carbonyl (C=O) groups is 1. The zero-order valence-electron chi connectivity index (χ0n) is 15.3. The van der Waals surface area contributed by atoms with Crippen LogP contribution in [-0.4, -0.2) is 50.4 Å². The molecule has 2 aliphatic heterocycles. The highest BCUT2D eigenvalue weighted by Crippen LogP contribution is 2.32. The smallest absolute Gasteiger partial charge is 0.253 e. The molecular formula is C20H23N3O4. The quantitative estimate of drug-likeness (QED) is 0.891. The van der Waals surface area contributed by atoms with E-state index in [-0.39, 0.29) is 11.9 Å². The van der Waals surface area contributed by atoms with E-state index in [1.807, 2.05) is 37.3 Å². The van der Waals surface area contributed by atoms with Crippen molar-refractivity contribution in [2.45, 2.75) is 13.0 Å². The Labute approximate surface area is 158 Å². The Bertz CT molecular complexity index is 803. The molecule has 2 aliphatic rings. The zero-order chi connectivity index (χ0) is 18.6. The number of benzene rings is 1. The number of fused-ring (bicyclic) bond motifs is 1. The van der Waals surface area contributed by atoms with E-state index in [0.717, 1.165) is 36.0 Å². The lowest BCUT2D eigenvalue weighted by molar-refractivity contribution is 0.0939. The molecule has 0 aliphatic carbocycles. The van der Waals surface area contributed by atoms with E-state index < -0.39 is 0 Å². The highest BCUT2D eigenvalue weighted by Gasteiger charge is 2.17. The summed E-state index contributed by atoms with van der Waals surface area (Å²) in [7, 11) is 0. The molecule has 1 fully saturated rings. The maximum atomic E-state index is 12.6. The number of nitrogens with one attached hydrogen (secondary N) is 1. The first-order valence-electron chi connectivity index (χ1n) is 9.20. The number of morpholine rings is 1. The van der Waals surface area contributed by atoms with E-state index in [1.54, 1.807) is 6.20 Å². The second-order valence-electron chi connectivity index (χ2n) is 6.60. The minimum Gasteiger partial charge on any atom is -0.486 e. The van der Waals surface area contributed by atoms with Gasteiger partial charge >= 0.3 is 0 Å². The summed E-state index contributed by atoms with van der Waals surface area (Å²) in [5.41, 5.74) is 1.50. The van der Waals surface area contributed by atoms with E-state index in [9.17, 15) is 4.79 Å². The van der Waals surface area contributed by atoms with Crippen molar-refractivity contribution in [3.05, 3.63) is 47.7 Å². The van der Waals surface area contributed by atoms with Crippen molar-refractivity contribution < 1.29 is 19.0 Å². The third kappa shape index (κ3) is 3.98. The Balaban J connectivity index is 1.40. The van der Waals surface area contributed by atoms with Crippen molar-refractivity contribution >= 4 is 11.7 Å². The Morgan fingerprint density at radius 1 is 1.07 bits per heavy atom. The molecule has 0 spiro atoms. The van der Waals surface area contributed by atoms with Gasteiger partial charge in [0.25, 0.3) is 5.91 Å². The molecular weight excluding hydrogens is 346 g/mol. The maximum absolute atomic E-state index is 12.6. The lowest BCUT2D eigenvalue weighted by Gasteiger charge is -2.27. The first-order valence-corrected chi connectivity index (χ1v) is 9.20. The summed E-state index contributed by atoms with van der Waals surface area (Å²) in [5, 5.41) is 3.01. The predicted octanol–water partition coefficient (Wildman–Crippen LogP) is 2.18. The number of ether oxygens (including phenoxy) is 3. The van der Waals surface area contributed by atoms with Crippen LogP contribution in [0.4, 0.5) is 5.82 Å². The minimum atomic E-state index is -0.160. The van der Waals surface area contributed by atoms with Crippen molar-refractivity contribution in [2.75, 3.05) is 44.4 Å². The Morgan fingerprint density at radius 3 is 2.59 bits per heavy atom. The van der Waals surface area contributed by atoms with Crippen molar-refractivity contribution in [3.8, 4) is 11.5 Å². The number of hydrogen-bond acceptors (Lipinski definition) is 6. The molecule has 142 valence electrons. The van der Waals surface area contributed by atoms with Gasteiger partial charge in [0.2, 0.25) is 0 Å². The summed E-state index contributed by atoms with van der Waals surface area (Å²) in [5.74, 6) is 2.18. The van der Waals surface area contributed by atoms with E-state index >= 15 is 0 Å². The van der Waals surface area contributed by atoms with E-state index in [1.165, 1.54) is 0 Å². The van der Waals surface area contributed by atoms with Gasteiger partial charge in [-0.05, 0) is 36.8 Å². The normalized spacial score (nSPS) is 17.3. The van der Waals surface area contributed by atoms with Gasteiger partial charge in [-0.15, -0.1) is 0 Å². The highest BCUT2D eigenvalue weighted by molar-refractivity contribution is 5.94. The van der Waals surface area contributed by atoms with Crippen LogP contribution in [0.5, 0.6) is 11.5 Å². The lowest BCUT2D eigenvalue weighted by atomic mass is 10.1. The topological polar surface area (TPSA) is 72.9 Å². The fourth-order valence-electron chi connectivity index (χ4n) is 3.19. The number of aromatic nitrogens is 1. The SMILES string of the molecule is C[C@@H](NC(=O)c1ccc(N2CCOCC2)nc1)c1ccc2c(c1)OCCO2.